The molecule has 144 valence electrons. The molecule has 0 atom stereocenters. The Balaban J connectivity index is 1.49. The number of nitro benzene ring substituents is 1. The summed E-state index contributed by atoms with van der Waals surface area (Å²) in [5, 5.41) is 14.4. The van der Waals surface area contributed by atoms with Crippen LogP contribution in [0.25, 0.3) is 11.4 Å². The lowest BCUT2D eigenvalue weighted by Gasteiger charge is -2.05. The summed E-state index contributed by atoms with van der Waals surface area (Å²) in [4.78, 5) is 26.0. The summed E-state index contributed by atoms with van der Waals surface area (Å²) >= 11 is 0. The van der Waals surface area contributed by atoms with Crippen LogP contribution in [0.5, 0.6) is 11.5 Å². The number of aromatic nitrogens is 2. The van der Waals surface area contributed by atoms with Crippen LogP contribution in [0.2, 0.25) is 0 Å². The Morgan fingerprint density at radius 2 is 1.96 bits per heavy atom. The van der Waals surface area contributed by atoms with Gasteiger partial charge in [-0.1, -0.05) is 17.3 Å². The molecular weight excluding hydrogens is 370 g/mol. The fourth-order valence-corrected chi connectivity index (χ4v) is 2.18. The van der Waals surface area contributed by atoms with Crippen LogP contribution in [-0.2, 0) is 16.1 Å². The van der Waals surface area contributed by atoms with Crippen LogP contribution >= 0.6 is 0 Å². The molecule has 0 fully saturated rings. The highest BCUT2D eigenvalue weighted by Gasteiger charge is 2.12. The molecule has 28 heavy (non-hydrogen) atoms. The zero-order valence-electron chi connectivity index (χ0n) is 14.7. The third-order valence-electron chi connectivity index (χ3n) is 3.56. The number of carbonyl (C=O) groups is 1. The second-order valence-corrected chi connectivity index (χ2v) is 5.44. The van der Waals surface area contributed by atoms with Crippen molar-refractivity contribution >= 4 is 11.7 Å². The Morgan fingerprint density at radius 1 is 1.18 bits per heavy atom. The van der Waals surface area contributed by atoms with E-state index in [-0.39, 0.29) is 24.8 Å². The Kier molecular flexibility index (Phi) is 5.80. The van der Waals surface area contributed by atoms with E-state index in [0.717, 1.165) is 0 Å². The van der Waals surface area contributed by atoms with Crippen LogP contribution in [-0.4, -0.2) is 34.7 Å². The number of hydrogen-bond acceptors (Lipinski definition) is 9. The van der Waals surface area contributed by atoms with Crippen LogP contribution in [0, 0.1) is 10.1 Å². The van der Waals surface area contributed by atoms with Crippen molar-refractivity contribution in [2.75, 3.05) is 13.7 Å². The van der Waals surface area contributed by atoms with Gasteiger partial charge in [-0.05, 0) is 24.3 Å². The van der Waals surface area contributed by atoms with Crippen molar-refractivity contribution < 1.29 is 28.5 Å². The van der Waals surface area contributed by atoms with Gasteiger partial charge in [0.05, 0.1) is 12.0 Å². The van der Waals surface area contributed by atoms with Gasteiger partial charge in [-0.3, -0.25) is 10.1 Å². The van der Waals surface area contributed by atoms with Crippen LogP contribution in [0.1, 0.15) is 5.89 Å². The first-order valence-corrected chi connectivity index (χ1v) is 8.05. The van der Waals surface area contributed by atoms with E-state index in [2.05, 4.69) is 10.1 Å². The lowest BCUT2D eigenvalue weighted by atomic mass is 10.2. The van der Waals surface area contributed by atoms with Crippen molar-refractivity contribution in [3.05, 3.63) is 64.5 Å². The molecule has 0 aliphatic heterocycles. The summed E-state index contributed by atoms with van der Waals surface area (Å²) < 4.78 is 20.4. The van der Waals surface area contributed by atoms with Gasteiger partial charge in [0.1, 0.15) is 11.5 Å². The SMILES string of the molecule is COc1cccc(-c2noc(COC(=O)COc3ccc([N+](=O)[O-])cc3)n2)c1. The summed E-state index contributed by atoms with van der Waals surface area (Å²) in [6.45, 7) is -0.575. The van der Waals surface area contributed by atoms with Gasteiger partial charge in [0.2, 0.25) is 5.82 Å². The molecule has 0 spiro atoms. The molecular formula is C18H15N3O7. The zero-order chi connectivity index (χ0) is 19.9. The fraction of sp³-hybridized carbons (Fsp3) is 0.167. The molecule has 10 nitrogen and oxygen atoms in total. The topological polar surface area (TPSA) is 127 Å². The largest absolute Gasteiger partial charge is 0.497 e. The molecule has 0 N–H and O–H groups in total. The fourth-order valence-electron chi connectivity index (χ4n) is 2.18. The number of ether oxygens (including phenoxy) is 3. The molecule has 0 unspecified atom stereocenters. The summed E-state index contributed by atoms with van der Waals surface area (Å²) in [6, 6.07) is 12.5. The van der Waals surface area contributed by atoms with Gasteiger partial charge in [0.25, 0.3) is 11.6 Å². The average Bonchev–Trinajstić information content (AvgIpc) is 3.20. The number of carbonyl (C=O) groups excluding carboxylic acids is 1. The number of benzene rings is 2. The lowest BCUT2D eigenvalue weighted by molar-refractivity contribution is -0.384. The number of non-ortho nitro benzene ring substituents is 1. The zero-order valence-corrected chi connectivity index (χ0v) is 14.7. The van der Waals surface area contributed by atoms with Crippen LogP contribution < -0.4 is 9.47 Å². The van der Waals surface area contributed by atoms with E-state index in [0.29, 0.717) is 22.9 Å². The predicted molar refractivity (Wildman–Crippen MR) is 94.7 cm³/mol. The maximum Gasteiger partial charge on any atom is 0.344 e. The van der Waals surface area contributed by atoms with E-state index in [9.17, 15) is 14.9 Å². The summed E-state index contributed by atoms with van der Waals surface area (Å²) in [6.07, 6.45) is 0. The third-order valence-corrected chi connectivity index (χ3v) is 3.56. The van der Waals surface area contributed by atoms with E-state index < -0.39 is 10.9 Å². The minimum absolute atomic E-state index is 0.0711. The van der Waals surface area contributed by atoms with E-state index in [4.69, 9.17) is 18.7 Å². The number of hydrogen-bond donors (Lipinski definition) is 0. The molecule has 3 rings (SSSR count). The molecule has 10 heteroatoms. The Morgan fingerprint density at radius 3 is 2.68 bits per heavy atom. The molecule has 1 aromatic heterocycles. The van der Waals surface area contributed by atoms with Gasteiger partial charge in [-0.2, -0.15) is 4.98 Å². The highest BCUT2D eigenvalue weighted by atomic mass is 16.6. The van der Waals surface area contributed by atoms with E-state index in [1.165, 1.54) is 24.3 Å². The molecule has 3 aromatic rings. The molecule has 0 radical (unpaired) electrons. The average molecular weight is 385 g/mol. The van der Waals surface area contributed by atoms with Crippen LogP contribution in [0.3, 0.4) is 0 Å². The summed E-state index contributed by atoms with van der Waals surface area (Å²) in [5.41, 5.74) is 0.625. The molecule has 0 saturated carbocycles. The van der Waals surface area contributed by atoms with E-state index in [1.54, 1.807) is 31.4 Å². The molecule has 1 heterocycles. The minimum Gasteiger partial charge on any atom is -0.497 e. The third kappa shape index (κ3) is 4.81. The second-order valence-electron chi connectivity index (χ2n) is 5.44. The summed E-state index contributed by atoms with van der Waals surface area (Å²) in [7, 11) is 1.55. The molecule has 0 bridgehead atoms. The first-order chi connectivity index (χ1) is 13.5. The van der Waals surface area contributed by atoms with Gasteiger partial charge >= 0.3 is 5.97 Å². The van der Waals surface area contributed by atoms with E-state index >= 15 is 0 Å². The number of nitrogens with zero attached hydrogens (tertiary/aromatic N) is 3. The number of nitro groups is 1. The molecule has 0 aliphatic rings. The quantitative estimate of drug-likeness (QED) is 0.327. The van der Waals surface area contributed by atoms with Crippen molar-refractivity contribution in [1.82, 2.24) is 10.1 Å². The first-order valence-electron chi connectivity index (χ1n) is 8.05. The number of esters is 1. The van der Waals surface area contributed by atoms with Crippen molar-refractivity contribution in [2.24, 2.45) is 0 Å². The van der Waals surface area contributed by atoms with Crippen molar-refractivity contribution in [3.63, 3.8) is 0 Å². The van der Waals surface area contributed by atoms with Gasteiger partial charge in [0, 0.05) is 17.7 Å². The molecule has 0 amide bonds. The predicted octanol–water partition coefficient (Wildman–Crippen LogP) is 2.78. The Labute approximate surface area is 158 Å². The maximum absolute atomic E-state index is 11.8. The monoisotopic (exact) mass is 385 g/mol. The van der Waals surface area contributed by atoms with E-state index in [1.807, 2.05) is 0 Å². The van der Waals surface area contributed by atoms with Crippen LogP contribution in [0.4, 0.5) is 5.69 Å². The highest BCUT2D eigenvalue weighted by molar-refractivity contribution is 5.71. The van der Waals surface area contributed by atoms with Gasteiger partial charge in [-0.15, -0.1) is 0 Å². The molecule has 0 saturated heterocycles. The molecule has 2 aromatic carbocycles. The van der Waals surface area contributed by atoms with Gasteiger partial charge in [0.15, 0.2) is 13.2 Å². The normalized spacial score (nSPS) is 10.3. The van der Waals surface area contributed by atoms with Crippen molar-refractivity contribution in [3.8, 4) is 22.9 Å². The smallest absolute Gasteiger partial charge is 0.344 e. The summed E-state index contributed by atoms with van der Waals surface area (Å²) in [5.74, 6) is 0.771. The number of methoxy groups -OCH3 is 1. The lowest BCUT2D eigenvalue weighted by Crippen LogP contribution is -2.14. The molecule has 0 aliphatic carbocycles. The Hall–Kier alpha value is -3.95. The first kappa shape index (κ1) is 18.8. The second kappa shape index (κ2) is 8.62. The minimum atomic E-state index is -0.653. The standard InChI is InChI=1S/C18H15N3O7/c1-25-15-4-2-3-12(9-15)18-19-16(28-20-18)10-27-17(22)11-26-14-7-5-13(6-8-14)21(23)24/h2-9H,10-11H2,1H3. The van der Waals surface area contributed by atoms with Crippen molar-refractivity contribution in [2.45, 2.75) is 6.61 Å². The van der Waals surface area contributed by atoms with Gasteiger partial charge < -0.3 is 18.7 Å². The maximum atomic E-state index is 11.8. The highest BCUT2D eigenvalue weighted by Crippen LogP contribution is 2.21. The van der Waals surface area contributed by atoms with Crippen molar-refractivity contribution in [1.29, 1.82) is 0 Å². The van der Waals surface area contributed by atoms with Gasteiger partial charge in [-0.25, -0.2) is 4.79 Å². The Bertz CT molecular complexity index is 969. The number of rotatable bonds is 8. The van der Waals surface area contributed by atoms with Crippen LogP contribution in [0.15, 0.2) is 53.1 Å².